The van der Waals surface area contributed by atoms with Crippen molar-refractivity contribution in [3.63, 3.8) is 0 Å². The van der Waals surface area contributed by atoms with Crippen LogP contribution in [-0.2, 0) is 25.0 Å². The molecule has 0 bridgehead atoms. The summed E-state index contributed by atoms with van der Waals surface area (Å²) in [6, 6.07) is 0. The Morgan fingerprint density at radius 2 is 1.43 bits per heavy atom. The van der Waals surface area contributed by atoms with E-state index < -0.39 is 26.3 Å². The summed E-state index contributed by atoms with van der Waals surface area (Å²) in [5, 5.41) is 15.5. The smallest absolute Gasteiger partial charge is 0.264 e. The molecule has 0 aromatic heterocycles. The standard InChI is InChI=1S/C11H26N2O8S2/c14-11(10-21-6-2-8-23(18,19)20)9-13-5-4-12-3-1-7-22(15,16)17/h11-14H,1-10H2,(H,15,16,17)(H,18,19,20). The highest BCUT2D eigenvalue weighted by Crippen LogP contribution is 1.91. The predicted molar refractivity (Wildman–Crippen MR) is 84.6 cm³/mol. The van der Waals surface area contributed by atoms with Crippen LogP contribution in [0.4, 0.5) is 0 Å². The first kappa shape index (κ1) is 22.7. The van der Waals surface area contributed by atoms with Crippen LogP contribution < -0.4 is 10.6 Å². The van der Waals surface area contributed by atoms with Crippen LogP contribution in [0.15, 0.2) is 0 Å². The van der Waals surface area contributed by atoms with E-state index in [1.165, 1.54) is 0 Å². The Morgan fingerprint density at radius 1 is 0.870 bits per heavy atom. The van der Waals surface area contributed by atoms with Crippen LogP contribution in [0.5, 0.6) is 0 Å². The molecule has 1 unspecified atom stereocenters. The highest BCUT2D eigenvalue weighted by Gasteiger charge is 2.06. The molecule has 0 aliphatic carbocycles. The molecule has 0 amide bonds. The van der Waals surface area contributed by atoms with E-state index in [2.05, 4.69) is 10.6 Å². The van der Waals surface area contributed by atoms with Gasteiger partial charge >= 0.3 is 0 Å². The van der Waals surface area contributed by atoms with Crippen LogP contribution in [0.1, 0.15) is 12.8 Å². The van der Waals surface area contributed by atoms with Gasteiger partial charge in [0.25, 0.3) is 20.2 Å². The summed E-state index contributed by atoms with van der Waals surface area (Å²) in [6.07, 6.45) is -0.258. The van der Waals surface area contributed by atoms with Gasteiger partial charge in [0, 0.05) is 26.2 Å². The van der Waals surface area contributed by atoms with Crippen LogP contribution >= 0.6 is 0 Å². The van der Waals surface area contributed by atoms with E-state index in [0.717, 1.165) is 0 Å². The van der Waals surface area contributed by atoms with Gasteiger partial charge < -0.3 is 20.5 Å². The highest BCUT2D eigenvalue weighted by molar-refractivity contribution is 7.86. The number of aliphatic hydroxyl groups excluding tert-OH is 1. The van der Waals surface area contributed by atoms with E-state index in [4.69, 9.17) is 13.8 Å². The Hall–Kier alpha value is -0.340. The molecule has 0 saturated carbocycles. The average molecular weight is 378 g/mol. The molecule has 0 aromatic carbocycles. The monoisotopic (exact) mass is 378 g/mol. The zero-order valence-corrected chi connectivity index (χ0v) is 14.5. The van der Waals surface area contributed by atoms with Crippen molar-refractivity contribution in [1.82, 2.24) is 10.6 Å². The number of hydrogen-bond acceptors (Lipinski definition) is 8. The first-order valence-electron chi connectivity index (χ1n) is 7.18. The van der Waals surface area contributed by atoms with Gasteiger partial charge in [-0.25, -0.2) is 0 Å². The predicted octanol–water partition coefficient (Wildman–Crippen LogP) is -1.90. The largest absolute Gasteiger partial charge is 0.389 e. The summed E-state index contributed by atoms with van der Waals surface area (Å²) >= 11 is 0. The van der Waals surface area contributed by atoms with Crippen LogP contribution in [0.3, 0.4) is 0 Å². The van der Waals surface area contributed by atoms with Crippen molar-refractivity contribution in [2.75, 3.05) is 50.9 Å². The molecule has 23 heavy (non-hydrogen) atoms. The Kier molecular flexibility index (Phi) is 11.9. The number of hydrogen-bond donors (Lipinski definition) is 5. The number of rotatable bonds is 15. The fraction of sp³-hybridized carbons (Fsp3) is 1.00. The fourth-order valence-electron chi connectivity index (χ4n) is 1.57. The van der Waals surface area contributed by atoms with Crippen molar-refractivity contribution in [2.45, 2.75) is 18.9 Å². The van der Waals surface area contributed by atoms with E-state index in [-0.39, 0.29) is 31.1 Å². The van der Waals surface area contributed by atoms with Gasteiger partial charge in [0.15, 0.2) is 0 Å². The molecular weight excluding hydrogens is 352 g/mol. The van der Waals surface area contributed by atoms with E-state index >= 15 is 0 Å². The average Bonchev–Trinajstić information content (AvgIpc) is 2.39. The summed E-state index contributed by atoms with van der Waals surface area (Å²) < 4.78 is 63.9. The van der Waals surface area contributed by atoms with Crippen molar-refractivity contribution in [1.29, 1.82) is 0 Å². The lowest BCUT2D eigenvalue weighted by atomic mass is 10.3. The molecule has 0 fully saturated rings. The van der Waals surface area contributed by atoms with Gasteiger partial charge in [-0.05, 0) is 19.4 Å². The summed E-state index contributed by atoms with van der Waals surface area (Å²) in [4.78, 5) is 0. The lowest BCUT2D eigenvalue weighted by Crippen LogP contribution is -2.35. The summed E-state index contributed by atoms with van der Waals surface area (Å²) in [7, 11) is -7.87. The summed E-state index contributed by atoms with van der Waals surface area (Å²) in [5.41, 5.74) is 0. The Balaban J connectivity index is 3.35. The number of nitrogens with one attached hydrogen (secondary N) is 2. The first-order valence-corrected chi connectivity index (χ1v) is 10.4. The quantitative estimate of drug-likeness (QED) is 0.161. The molecule has 0 radical (unpaired) electrons. The van der Waals surface area contributed by atoms with Crippen molar-refractivity contribution < 1.29 is 35.8 Å². The SMILES string of the molecule is O=S(=O)(O)CCCNCCNCC(O)COCCCS(=O)(=O)O. The van der Waals surface area contributed by atoms with Crippen molar-refractivity contribution in [3.05, 3.63) is 0 Å². The fourth-order valence-corrected chi connectivity index (χ4v) is 2.56. The third-order valence-electron chi connectivity index (χ3n) is 2.62. The molecule has 0 rings (SSSR count). The second kappa shape index (κ2) is 12.1. The van der Waals surface area contributed by atoms with Gasteiger partial charge in [-0.3, -0.25) is 9.11 Å². The third kappa shape index (κ3) is 19.6. The minimum atomic E-state index is -3.97. The third-order valence-corrected chi connectivity index (χ3v) is 4.22. The van der Waals surface area contributed by atoms with Crippen molar-refractivity contribution >= 4 is 20.2 Å². The molecule has 12 heteroatoms. The van der Waals surface area contributed by atoms with Gasteiger partial charge in [0.1, 0.15) is 0 Å². The molecule has 0 aromatic rings. The van der Waals surface area contributed by atoms with Gasteiger partial charge in [0.05, 0.1) is 24.2 Å². The molecular formula is C11H26N2O8S2. The second-order valence-electron chi connectivity index (χ2n) is 4.96. The topological polar surface area (TPSA) is 162 Å². The van der Waals surface area contributed by atoms with E-state index in [0.29, 0.717) is 32.6 Å². The van der Waals surface area contributed by atoms with Crippen LogP contribution in [0.25, 0.3) is 0 Å². The zero-order valence-electron chi connectivity index (χ0n) is 12.8. The Labute approximate surface area is 137 Å². The Bertz CT molecular complexity index is 494. The maximum Gasteiger partial charge on any atom is 0.264 e. The lowest BCUT2D eigenvalue weighted by molar-refractivity contribution is 0.0376. The maximum atomic E-state index is 10.5. The zero-order chi connectivity index (χ0) is 17.8. The Morgan fingerprint density at radius 3 is 2.04 bits per heavy atom. The van der Waals surface area contributed by atoms with Crippen molar-refractivity contribution in [3.8, 4) is 0 Å². The normalized spacial score (nSPS) is 14.0. The van der Waals surface area contributed by atoms with E-state index in [1.54, 1.807) is 0 Å². The van der Waals surface area contributed by atoms with E-state index in [9.17, 15) is 21.9 Å². The number of aliphatic hydroxyl groups is 1. The van der Waals surface area contributed by atoms with Crippen LogP contribution in [0.2, 0.25) is 0 Å². The molecule has 5 N–H and O–H groups in total. The minimum absolute atomic E-state index is 0.0558. The molecule has 140 valence electrons. The first-order chi connectivity index (χ1) is 10.6. The molecule has 0 aliphatic heterocycles. The highest BCUT2D eigenvalue weighted by atomic mass is 32.2. The van der Waals surface area contributed by atoms with Crippen LogP contribution in [-0.4, -0.2) is 88.1 Å². The van der Waals surface area contributed by atoms with Gasteiger partial charge in [-0.2, -0.15) is 16.8 Å². The van der Waals surface area contributed by atoms with Gasteiger partial charge in [0.2, 0.25) is 0 Å². The molecule has 0 saturated heterocycles. The minimum Gasteiger partial charge on any atom is -0.389 e. The van der Waals surface area contributed by atoms with Crippen molar-refractivity contribution in [2.24, 2.45) is 0 Å². The van der Waals surface area contributed by atoms with Gasteiger partial charge in [-0.15, -0.1) is 0 Å². The molecule has 0 heterocycles. The number of ether oxygens (including phenoxy) is 1. The summed E-state index contributed by atoms with van der Waals surface area (Å²) in [6.45, 7) is 2.08. The second-order valence-corrected chi connectivity index (χ2v) is 8.11. The van der Waals surface area contributed by atoms with E-state index in [1.807, 2.05) is 0 Å². The van der Waals surface area contributed by atoms with Crippen LogP contribution in [0, 0.1) is 0 Å². The maximum absolute atomic E-state index is 10.5. The molecule has 1 atom stereocenters. The summed E-state index contributed by atoms with van der Waals surface area (Å²) in [5.74, 6) is -0.647. The molecule has 10 nitrogen and oxygen atoms in total. The van der Waals surface area contributed by atoms with Gasteiger partial charge in [-0.1, -0.05) is 0 Å². The lowest BCUT2D eigenvalue weighted by Gasteiger charge is -2.12. The molecule has 0 aliphatic rings. The molecule has 0 spiro atoms.